The smallest absolute Gasteiger partial charge is 0.191 e. The van der Waals surface area contributed by atoms with Crippen LogP contribution in [0.2, 0.25) is 0 Å². The van der Waals surface area contributed by atoms with Gasteiger partial charge in [-0.15, -0.1) is 10.2 Å². The Morgan fingerprint density at radius 2 is 2.05 bits per heavy atom. The molecule has 0 unspecified atom stereocenters. The van der Waals surface area contributed by atoms with Crippen molar-refractivity contribution < 1.29 is 9.90 Å². The third-order valence-corrected chi connectivity index (χ3v) is 9.07. The Hall–Kier alpha value is -3.23. The number of aryl methyl sites for hydroxylation is 1. The van der Waals surface area contributed by atoms with Crippen molar-refractivity contribution in [3.63, 3.8) is 0 Å². The van der Waals surface area contributed by atoms with E-state index in [4.69, 9.17) is 0 Å². The van der Waals surface area contributed by atoms with Gasteiger partial charge in [0.15, 0.2) is 16.8 Å². The van der Waals surface area contributed by atoms with E-state index in [9.17, 15) is 9.90 Å². The molecule has 1 aliphatic carbocycles. The Balaban J connectivity index is 1.07. The van der Waals surface area contributed by atoms with Crippen LogP contribution in [0.15, 0.2) is 53.7 Å². The van der Waals surface area contributed by atoms with Gasteiger partial charge in [0.1, 0.15) is 5.75 Å². The zero-order valence-corrected chi connectivity index (χ0v) is 22.3. The van der Waals surface area contributed by atoms with E-state index in [1.165, 1.54) is 18.9 Å². The van der Waals surface area contributed by atoms with Gasteiger partial charge in [0.05, 0.1) is 11.1 Å². The maximum atomic E-state index is 11.9. The van der Waals surface area contributed by atoms with E-state index in [1.54, 1.807) is 17.8 Å². The molecule has 8 heteroatoms. The van der Waals surface area contributed by atoms with Gasteiger partial charge in [-0.25, -0.2) is 0 Å². The summed E-state index contributed by atoms with van der Waals surface area (Å²) in [6.07, 6.45) is 2.24. The van der Waals surface area contributed by atoms with Gasteiger partial charge in [-0.05, 0) is 69.0 Å². The molecule has 1 saturated carbocycles. The summed E-state index contributed by atoms with van der Waals surface area (Å²) >= 11 is 1.75. The average molecular weight is 514 g/mol. The SMILES string of the molecule is CC(=O)c1cc([C@]23C[C@@H]2CN(CCCSc2nnc(-c4cccc5nc(C)ccc45)n2C)C3)ccc1O. The van der Waals surface area contributed by atoms with Crippen molar-refractivity contribution in [1.82, 2.24) is 24.6 Å². The number of fused-ring (bicyclic) bond motifs is 2. The van der Waals surface area contributed by atoms with Crippen LogP contribution in [-0.4, -0.2) is 60.9 Å². The predicted molar refractivity (Wildman–Crippen MR) is 146 cm³/mol. The van der Waals surface area contributed by atoms with Crippen LogP contribution < -0.4 is 0 Å². The third-order valence-electron chi connectivity index (χ3n) is 7.96. The lowest BCUT2D eigenvalue weighted by Crippen LogP contribution is -2.28. The standard InChI is InChI=1S/C29H31N5O2S/c1-18-8-10-22-23(6-4-7-25(22)30-18)27-31-32-28(33(27)3)37-13-5-12-34-16-21-15-29(21,17-34)20-9-11-26(36)24(14-20)19(2)35/h4,6-11,14,21,36H,5,12-13,15-17H2,1-3H3/t21-,29-/m1/s1. The van der Waals surface area contributed by atoms with Crippen LogP contribution in [0.5, 0.6) is 5.75 Å². The number of hydrogen-bond acceptors (Lipinski definition) is 7. The number of carbonyl (C=O) groups excluding carboxylic acids is 1. The van der Waals surface area contributed by atoms with E-state index in [2.05, 4.69) is 36.8 Å². The summed E-state index contributed by atoms with van der Waals surface area (Å²) < 4.78 is 2.08. The molecule has 0 radical (unpaired) electrons. The Kier molecular flexibility index (Phi) is 6.04. The van der Waals surface area contributed by atoms with Crippen molar-refractivity contribution >= 4 is 28.4 Å². The fraction of sp³-hybridized carbons (Fsp3) is 0.379. The highest BCUT2D eigenvalue weighted by Gasteiger charge is 2.60. The molecule has 0 spiro atoms. The minimum absolute atomic E-state index is 0.0795. The molecule has 3 heterocycles. The van der Waals surface area contributed by atoms with Crippen LogP contribution in [0.1, 0.15) is 41.4 Å². The van der Waals surface area contributed by atoms with Gasteiger partial charge >= 0.3 is 0 Å². The molecule has 0 amide bonds. The predicted octanol–water partition coefficient (Wildman–Crippen LogP) is 5.00. The molecule has 7 nitrogen and oxygen atoms in total. The van der Waals surface area contributed by atoms with Crippen molar-refractivity contribution in [2.45, 2.75) is 37.3 Å². The normalized spacial score (nSPS) is 20.9. The molecular formula is C29H31N5O2S. The monoisotopic (exact) mass is 513 g/mol. The zero-order chi connectivity index (χ0) is 25.7. The van der Waals surface area contributed by atoms with Crippen LogP contribution in [0, 0.1) is 12.8 Å². The summed E-state index contributed by atoms with van der Waals surface area (Å²) in [6.45, 7) is 6.68. The van der Waals surface area contributed by atoms with E-state index in [0.717, 1.165) is 64.9 Å². The first-order chi connectivity index (χ1) is 17.9. The Morgan fingerprint density at radius 1 is 1.19 bits per heavy atom. The number of aromatic hydroxyl groups is 1. The van der Waals surface area contributed by atoms with Crippen LogP contribution in [0.4, 0.5) is 0 Å². The molecular weight excluding hydrogens is 482 g/mol. The van der Waals surface area contributed by atoms with Crippen molar-refractivity contribution in [3.05, 3.63) is 65.4 Å². The highest BCUT2D eigenvalue weighted by Crippen LogP contribution is 2.59. The molecule has 2 fully saturated rings. The number of phenolic OH excluding ortho intramolecular Hbond substituents is 1. The van der Waals surface area contributed by atoms with Crippen LogP contribution in [0.3, 0.4) is 0 Å². The Bertz CT molecular complexity index is 1520. The Morgan fingerprint density at radius 3 is 2.89 bits per heavy atom. The minimum Gasteiger partial charge on any atom is -0.507 e. The summed E-state index contributed by atoms with van der Waals surface area (Å²) in [5, 5.41) is 21.0. The van der Waals surface area contributed by atoms with Gasteiger partial charge in [-0.3, -0.25) is 9.78 Å². The first kappa shape index (κ1) is 24.1. The molecule has 2 aliphatic rings. The second-order valence-electron chi connectivity index (χ2n) is 10.5. The molecule has 2 aromatic heterocycles. The number of piperidine rings is 1. The molecule has 4 aromatic rings. The summed E-state index contributed by atoms with van der Waals surface area (Å²) in [4.78, 5) is 19.1. The topological polar surface area (TPSA) is 84.1 Å². The van der Waals surface area contributed by atoms with Gasteiger partial charge in [0, 0.05) is 47.9 Å². The fourth-order valence-corrected chi connectivity index (χ4v) is 6.75. The van der Waals surface area contributed by atoms with Gasteiger partial charge < -0.3 is 14.6 Å². The van der Waals surface area contributed by atoms with E-state index >= 15 is 0 Å². The quantitative estimate of drug-likeness (QED) is 0.202. The second kappa shape index (κ2) is 9.26. The lowest BCUT2D eigenvalue weighted by Gasteiger charge is -2.21. The Labute approximate surface area is 220 Å². The second-order valence-corrected chi connectivity index (χ2v) is 11.5. The van der Waals surface area contributed by atoms with Gasteiger partial charge in [0.2, 0.25) is 0 Å². The number of rotatable bonds is 8. The number of Topliss-reactive ketones (excluding diaryl/α,β-unsaturated/α-hetero) is 1. The number of nitrogens with zero attached hydrogens (tertiary/aromatic N) is 5. The molecule has 1 saturated heterocycles. The summed E-state index contributed by atoms with van der Waals surface area (Å²) in [7, 11) is 2.03. The van der Waals surface area contributed by atoms with E-state index in [1.807, 2.05) is 44.3 Å². The van der Waals surface area contributed by atoms with E-state index in [0.29, 0.717) is 11.5 Å². The van der Waals surface area contributed by atoms with Gasteiger partial charge in [0.25, 0.3) is 0 Å². The molecule has 1 N–H and O–H groups in total. The van der Waals surface area contributed by atoms with Gasteiger partial charge in [-0.1, -0.05) is 36.0 Å². The number of ketones is 1. The van der Waals surface area contributed by atoms with Crippen LogP contribution >= 0.6 is 11.8 Å². The number of likely N-dealkylation sites (tertiary alicyclic amines) is 1. The molecule has 190 valence electrons. The highest BCUT2D eigenvalue weighted by atomic mass is 32.2. The first-order valence-electron chi connectivity index (χ1n) is 12.8. The fourth-order valence-electron chi connectivity index (χ4n) is 5.91. The van der Waals surface area contributed by atoms with Crippen molar-refractivity contribution in [1.29, 1.82) is 0 Å². The third kappa shape index (κ3) is 4.32. The van der Waals surface area contributed by atoms with Crippen LogP contribution in [-0.2, 0) is 12.5 Å². The first-order valence-corrected chi connectivity index (χ1v) is 13.8. The van der Waals surface area contributed by atoms with Crippen LogP contribution in [0.25, 0.3) is 22.3 Å². The lowest BCUT2D eigenvalue weighted by molar-refractivity contribution is 0.101. The molecule has 37 heavy (non-hydrogen) atoms. The van der Waals surface area contributed by atoms with E-state index in [-0.39, 0.29) is 16.9 Å². The molecule has 2 aromatic carbocycles. The summed E-state index contributed by atoms with van der Waals surface area (Å²) in [6, 6.07) is 15.9. The number of hydrogen-bond donors (Lipinski definition) is 1. The van der Waals surface area contributed by atoms with Crippen molar-refractivity contribution in [3.8, 4) is 17.1 Å². The molecule has 1 aliphatic heterocycles. The molecule has 0 bridgehead atoms. The highest BCUT2D eigenvalue weighted by molar-refractivity contribution is 7.99. The number of phenols is 1. The van der Waals surface area contributed by atoms with E-state index < -0.39 is 0 Å². The maximum Gasteiger partial charge on any atom is 0.191 e. The lowest BCUT2D eigenvalue weighted by atomic mass is 9.92. The number of aromatic nitrogens is 4. The average Bonchev–Trinajstić information content (AvgIpc) is 3.25. The van der Waals surface area contributed by atoms with Gasteiger partial charge in [-0.2, -0.15) is 0 Å². The molecule has 2 atom stereocenters. The number of benzene rings is 2. The molecule has 6 rings (SSSR count). The number of thioether (sulfide) groups is 1. The minimum atomic E-state index is -0.0843. The zero-order valence-electron chi connectivity index (χ0n) is 21.4. The maximum absolute atomic E-state index is 11.9. The summed E-state index contributed by atoms with van der Waals surface area (Å²) in [5.74, 6) is 2.48. The number of pyridine rings is 1. The van der Waals surface area contributed by atoms with Crippen molar-refractivity contribution in [2.75, 3.05) is 25.4 Å². The van der Waals surface area contributed by atoms with Crippen molar-refractivity contribution in [2.24, 2.45) is 13.0 Å². The summed E-state index contributed by atoms with van der Waals surface area (Å²) in [5.41, 5.74) is 4.81. The largest absolute Gasteiger partial charge is 0.507 e. The number of carbonyl (C=O) groups is 1.